The molecule has 4 heteroatoms. The minimum atomic E-state index is -1.03. The summed E-state index contributed by atoms with van der Waals surface area (Å²) >= 11 is 7.01. The summed E-state index contributed by atoms with van der Waals surface area (Å²) in [4.78, 5) is 11.6. The van der Waals surface area contributed by atoms with Gasteiger partial charge in [0.15, 0.2) is 0 Å². The lowest BCUT2D eigenvalue weighted by atomic mass is 9.46. The molecule has 0 aromatic carbocycles. The second kappa shape index (κ2) is 9.25. The number of ether oxygens (including phenoxy) is 1. The Morgan fingerprint density at radius 2 is 1.79 bits per heavy atom. The molecule has 4 aliphatic carbocycles. The smallest absolute Gasteiger partial charge is 0.302 e. The predicted molar refractivity (Wildman–Crippen MR) is 140 cm³/mol. The number of carbonyl (C=O) groups is 1. The fraction of sp³-hybridized carbons (Fsp3) is 0.833. The molecule has 10 atom stereocenters. The number of allylic oxidation sites excluding steroid dienone is 3. The van der Waals surface area contributed by atoms with Gasteiger partial charge in [-0.15, -0.1) is 11.6 Å². The van der Waals surface area contributed by atoms with Crippen LogP contribution in [0.5, 0.6) is 0 Å². The number of alkyl halides is 1. The molecule has 10 unspecified atom stereocenters. The molecular weight excluding hydrogens is 444 g/mol. The number of hydrogen-bond acceptors (Lipinski definition) is 3. The molecule has 3 saturated carbocycles. The summed E-state index contributed by atoms with van der Waals surface area (Å²) in [6.45, 7) is 15.6. The molecule has 34 heavy (non-hydrogen) atoms. The highest BCUT2D eigenvalue weighted by atomic mass is 35.5. The van der Waals surface area contributed by atoms with Crippen LogP contribution >= 0.6 is 11.6 Å². The van der Waals surface area contributed by atoms with E-state index in [2.05, 4.69) is 59.8 Å². The molecule has 1 N–H and O–H groups in total. The highest BCUT2D eigenvalue weighted by Crippen LogP contribution is 2.68. The van der Waals surface area contributed by atoms with Crippen LogP contribution in [-0.2, 0) is 9.53 Å². The SMILES string of the molecule is CC(=O)OC1CCC2(C)C3CCC4(C)C(CCC4C(C)C=CC(C)C(C)C)C3=CC(Cl)C2(O)C1. The molecular formula is C30H47ClO3. The molecule has 0 aromatic rings. The monoisotopic (exact) mass is 490 g/mol. The van der Waals surface area contributed by atoms with Crippen LogP contribution in [0.3, 0.4) is 0 Å². The van der Waals surface area contributed by atoms with Gasteiger partial charge in [-0.25, -0.2) is 0 Å². The van der Waals surface area contributed by atoms with Gasteiger partial charge in [-0.05, 0) is 79.4 Å². The minimum absolute atomic E-state index is 0.239. The van der Waals surface area contributed by atoms with Crippen LogP contribution in [0.15, 0.2) is 23.8 Å². The van der Waals surface area contributed by atoms with Crippen LogP contribution in [-0.4, -0.2) is 28.2 Å². The average Bonchev–Trinajstić information content (AvgIpc) is 3.11. The largest absolute Gasteiger partial charge is 0.462 e. The molecule has 4 rings (SSSR count). The number of halogens is 1. The predicted octanol–water partition coefficient (Wildman–Crippen LogP) is 7.31. The first-order chi connectivity index (χ1) is 15.8. The van der Waals surface area contributed by atoms with Crippen molar-refractivity contribution in [3.05, 3.63) is 23.8 Å². The summed E-state index contributed by atoms with van der Waals surface area (Å²) in [5.74, 6) is 3.22. The van der Waals surface area contributed by atoms with Crippen molar-refractivity contribution in [1.29, 1.82) is 0 Å². The Kier molecular flexibility index (Phi) is 7.15. The van der Waals surface area contributed by atoms with Crippen LogP contribution in [0.2, 0.25) is 0 Å². The molecule has 0 radical (unpaired) electrons. The fourth-order valence-corrected chi connectivity index (χ4v) is 8.91. The third-order valence-corrected chi connectivity index (χ3v) is 11.5. The fourth-order valence-electron chi connectivity index (χ4n) is 8.43. The summed E-state index contributed by atoms with van der Waals surface area (Å²) in [5, 5.41) is 11.5. The van der Waals surface area contributed by atoms with Gasteiger partial charge in [-0.3, -0.25) is 4.79 Å². The maximum absolute atomic E-state index is 12.0. The van der Waals surface area contributed by atoms with E-state index in [1.54, 1.807) is 0 Å². The number of rotatable bonds is 5. The molecule has 3 nitrogen and oxygen atoms in total. The second-order valence-electron chi connectivity index (χ2n) is 13.1. The first kappa shape index (κ1) is 26.3. The molecule has 4 aliphatic rings. The van der Waals surface area contributed by atoms with Crippen molar-refractivity contribution in [2.24, 2.45) is 46.3 Å². The summed E-state index contributed by atoms with van der Waals surface area (Å²) < 4.78 is 5.53. The maximum atomic E-state index is 12.0. The van der Waals surface area contributed by atoms with E-state index >= 15 is 0 Å². The van der Waals surface area contributed by atoms with Crippen molar-refractivity contribution in [3.63, 3.8) is 0 Å². The molecule has 0 amide bonds. The van der Waals surface area contributed by atoms with Crippen LogP contribution in [0.25, 0.3) is 0 Å². The van der Waals surface area contributed by atoms with E-state index in [0.29, 0.717) is 47.3 Å². The molecule has 0 aromatic heterocycles. The lowest BCUT2D eigenvalue weighted by Crippen LogP contribution is -2.64. The van der Waals surface area contributed by atoms with E-state index in [4.69, 9.17) is 16.3 Å². The van der Waals surface area contributed by atoms with Gasteiger partial charge < -0.3 is 9.84 Å². The average molecular weight is 491 g/mol. The zero-order valence-electron chi connectivity index (χ0n) is 22.4. The van der Waals surface area contributed by atoms with Crippen molar-refractivity contribution < 1.29 is 14.6 Å². The molecule has 192 valence electrons. The Labute approximate surface area is 212 Å². The lowest BCUT2D eigenvalue weighted by molar-refractivity contribution is -0.182. The quantitative estimate of drug-likeness (QED) is 0.249. The van der Waals surface area contributed by atoms with Crippen molar-refractivity contribution in [1.82, 2.24) is 0 Å². The number of fused-ring (bicyclic) bond motifs is 5. The summed E-state index contributed by atoms with van der Waals surface area (Å²) in [7, 11) is 0. The Balaban J connectivity index is 1.59. The molecule has 0 bridgehead atoms. The van der Waals surface area contributed by atoms with Crippen molar-refractivity contribution in [2.75, 3.05) is 0 Å². The van der Waals surface area contributed by atoms with Crippen molar-refractivity contribution in [3.8, 4) is 0 Å². The van der Waals surface area contributed by atoms with Crippen LogP contribution in [0.1, 0.15) is 93.4 Å². The van der Waals surface area contributed by atoms with E-state index in [1.807, 2.05) is 0 Å². The Hall–Kier alpha value is -0.800. The van der Waals surface area contributed by atoms with Gasteiger partial charge in [0.2, 0.25) is 0 Å². The Morgan fingerprint density at radius 3 is 2.44 bits per heavy atom. The zero-order chi connectivity index (χ0) is 25.1. The first-order valence-corrected chi connectivity index (χ1v) is 14.2. The first-order valence-electron chi connectivity index (χ1n) is 13.8. The van der Waals surface area contributed by atoms with Gasteiger partial charge in [-0.1, -0.05) is 65.3 Å². The van der Waals surface area contributed by atoms with E-state index < -0.39 is 11.0 Å². The van der Waals surface area contributed by atoms with E-state index in [0.717, 1.165) is 19.3 Å². The van der Waals surface area contributed by atoms with Crippen LogP contribution in [0, 0.1) is 46.3 Å². The summed E-state index contributed by atoms with van der Waals surface area (Å²) in [6, 6.07) is 0. The molecule has 0 heterocycles. The normalized spacial score (nSPS) is 45.8. The highest BCUT2D eigenvalue weighted by molar-refractivity contribution is 6.22. The van der Waals surface area contributed by atoms with Gasteiger partial charge in [-0.2, -0.15) is 0 Å². The number of aliphatic hydroxyl groups is 1. The third kappa shape index (κ3) is 4.11. The zero-order valence-corrected chi connectivity index (χ0v) is 23.2. The topological polar surface area (TPSA) is 46.5 Å². The maximum Gasteiger partial charge on any atom is 0.302 e. The standard InChI is InChI=1S/C30H47ClO3/c1-18(2)19(3)8-9-20(4)24-10-11-25-23-16-27(31)30(33)17-22(34-21(5)32)12-15-29(30,7)26(23)13-14-28(24,25)6/h8-9,16,18-20,22,24-27,33H,10-15,17H2,1-7H3. The van der Waals surface area contributed by atoms with Crippen molar-refractivity contribution >= 4 is 17.6 Å². The van der Waals surface area contributed by atoms with Crippen LogP contribution < -0.4 is 0 Å². The van der Waals surface area contributed by atoms with Gasteiger partial charge in [0.05, 0.1) is 11.0 Å². The molecule has 0 saturated heterocycles. The minimum Gasteiger partial charge on any atom is -0.462 e. The van der Waals surface area contributed by atoms with Gasteiger partial charge >= 0.3 is 5.97 Å². The lowest BCUT2D eigenvalue weighted by Gasteiger charge is -2.62. The van der Waals surface area contributed by atoms with Gasteiger partial charge in [0.1, 0.15) is 6.10 Å². The molecule has 0 spiro atoms. The third-order valence-electron chi connectivity index (χ3n) is 11.0. The number of esters is 1. The van der Waals surface area contributed by atoms with E-state index in [1.165, 1.54) is 31.8 Å². The Morgan fingerprint density at radius 1 is 1.09 bits per heavy atom. The van der Waals surface area contributed by atoms with Crippen molar-refractivity contribution in [2.45, 2.75) is 110 Å². The Bertz CT molecular complexity index is 848. The number of carbonyl (C=O) groups excluding carboxylic acids is 1. The second-order valence-corrected chi connectivity index (χ2v) is 13.5. The van der Waals surface area contributed by atoms with E-state index in [-0.39, 0.29) is 17.5 Å². The number of hydrogen-bond donors (Lipinski definition) is 1. The summed E-state index contributed by atoms with van der Waals surface area (Å²) in [6.07, 6.45) is 13.9. The summed E-state index contributed by atoms with van der Waals surface area (Å²) in [5.41, 5.74) is 0.527. The van der Waals surface area contributed by atoms with Crippen LogP contribution in [0.4, 0.5) is 0 Å². The molecule has 3 fully saturated rings. The van der Waals surface area contributed by atoms with E-state index in [9.17, 15) is 9.90 Å². The highest BCUT2D eigenvalue weighted by Gasteiger charge is 2.65. The van der Waals surface area contributed by atoms with Gasteiger partial charge in [0, 0.05) is 18.8 Å². The van der Waals surface area contributed by atoms with Gasteiger partial charge in [0.25, 0.3) is 0 Å². The molecule has 0 aliphatic heterocycles.